The highest BCUT2D eigenvalue weighted by molar-refractivity contribution is 7.15. The molecule has 0 aliphatic rings. The molecule has 0 bridgehead atoms. The van der Waals surface area contributed by atoms with Crippen molar-refractivity contribution in [2.75, 3.05) is 5.73 Å². The van der Waals surface area contributed by atoms with Crippen LogP contribution in [-0.4, -0.2) is 15.2 Å². The lowest BCUT2D eigenvalue weighted by atomic mass is 10.3. The summed E-state index contributed by atoms with van der Waals surface area (Å²) in [6.07, 6.45) is 1.69. The van der Waals surface area contributed by atoms with Crippen molar-refractivity contribution in [1.29, 1.82) is 0 Å². The SMILES string of the molecule is Cc1[nH]ncc1-c1nc2csc(N)c2o1. The van der Waals surface area contributed by atoms with E-state index in [1.807, 2.05) is 12.3 Å². The second-order valence-corrected chi connectivity index (χ2v) is 4.15. The van der Waals surface area contributed by atoms with Crippen molar-refractivity contribution in [2.24, 2.45) is 0 Å². The molecule has 15 heavy (non-hydrogen) atoms. The Labute approximate surface area is 88.9 Å². The van der Waals surface area contributed by atoms with Crippen LogP contribution in [0.3, 0.4) is 0 Å². The highest BCUT2D eigenvalue weighted by atomic mass is 32.1. The van der Waals surface area contributed by atoms with Crippen LogP contribution in [0.4, 0.5) is 5.00 Å². The van der Waals surface area contributed by atoms with Crippen LogP contribution in [0.15, 0.2) is 16.0 Å². The van der Waals surface area contributed by atoms with Gasteiger partial charge in [0.2, 0.25) is 5.89 Å². The Morgan fingerprint density at radius 1 is 1.53 bits per heavy atom. The summed E-state index contributed by atoms with van der Waals surface area (Å²) in [7, 11) is 0. The fourth-order valence-electron chi connectivity index (χ4n) is 1.44. The Balaban J connectivity index is 2.24. The Hall–Kier alpha value is -1.82. The quantitative estimate of drug-likeness (QED) is 0.658. The van der Waals surface area contributed by atoms with Gasteiger partial charge in [-0.15, -0.1) is 11.3 Å². The fraction of sp³-hybridized carbons (Fsp3) is 0.111. The second-order valence-electron chi connectivity index (χ2n) is 3.24. The standard InChI is InChI=1S/C9H8N4OS/c1-4-5(2-11-13-4)9-12-6-3-15-8(10)7(6)14-9/h2-3H,10H2,1H3,(H,11,13). The predicted molar refractivity (Wildman–Crippen MR) is 58.6 cm³/mol. The first-order valence-electron chi connectivity index (χ1n) is 4.39. The van der Waals surface area contributed by atoms with E-state index in [0.717, 1.165) is 16.8 Å². The topological polar surface area (TPSA) is 80.7 Å². The Morgan fingerprint density at radius 3 is 3.07 bits per heavy atom. The van der Waals surface area contributed by atoms with E-state index in [2.05, 4.69) is 15.2 Å². The summed E-state index contributed by atoms with van der Waals surface area (Å²) >= 11 is 1.43. The molecule has 0 aliphatic heterocycles. The molecule has 3 aromatic rings. The van der Waals surface area contributed by atoms with E-state index in [0.29, 0.717) is 16.5 Å². The lowest BCUT2D eigenvalue weighted by Crippen LogP contribution is -1.78. The molecule has 0 radical (unpaired) electrons. The van der Waals surface area contributed by atoms with Gasteiger partial charge < -0.3 is 10.2 Å². The normalized spacial score (nSPS) is 11.3. The number of thiophene rings is 1. The number of anilines is 1. The molecule has 76 valence electrons. The molecule has 0 spiro atoms. The predicted octanol–water partition coefficient (Wildman–Crippen LogP) is 2.17. The fourth-order valence-corrected chi connectivity index (χ4v) is 2.09. The van der Waals surface area contributed by atoms with E-state index in [9.17, 15) is 0 Å². The minimum Gasteiger partial charge on any atom is -0.433 e. The molecular weight excluding hydrogens is 212 g/mol. The molecule has 5 nitrogen and oxygen atoms in total. The van der Waals surface area contributed by atoms with Gasteiger partial charge in [-0.1, -0.05) is 0 Å². The summed E-state index contributed by atoms with van der Waals surface area (Å²) in [6, 6.07) is 0. The summed E-state index contributed by atoms with van der Waals surface area (Å²) in [6.45, 7) is 1.92. The van der Waals surface area contributed by atoms with E-state index in [4.69, 9.17) is 10.2 Å². The van der Waals surface area contributed by atoms with E-state index >= 15 is 0 Å². The number of nitrogens with one attached hydrogen (secondary N) is 1. The molecule has 0 saturated carbocycles. The smallest absolute Gasteiger partial charge is 0.230 e. The lowest BCUT2D eigenvalue weighted by molar-refractivity contribution is 0.621. The molecule has 0 amide bonds. The van der Waals surface area contributed by atoms with Crippen LogP contribution in [0.2, 0.25) is 0 Å². The number of H-pyrrole nitrogens is 1. The molecule has 3 N–H and O–H groups in total. The van der Waals surface area contributed by atoms with Crippen LogP contribution < -0.4 is 5.73 Å². The minimum atomic E-state index is 0.561. The van der Waals surface area contributed by atoms with Gasteiger partial charge in [0.25, 0.3) is 0 Å². The van der Waals surface area contributed by atoms with Crippen molar-refractivity contribution < 1.29 is 4.42 Å². The van der Waals surface area contributed by atoms with Crippen LogP contribution in [0, 0.1) is 6.92 Å². The summed E-state index contributed by atoms with van der Waals surface area (Å²) in [4.78, 5) is 4.34. The zero-order valence-electron chi connectivity index (χ0n) is 7.94. The number of hydrogen-bond acceptors (Lipinski definition) is 5. The number of aryl methyl sites for hydroxylation is 1. The van der Waals surface area contributed by atoms with E-state index in [1.165, 1.54) is 11.3 Å². The number of hydrogen-bond donors (Lipinski definition) is 2. The summed E-state index contributed by atoms with van der Waals surface area (Å²) < 4.78 is 5.58. The van der Waals surface area contributed by atoms with Crippen molar-refractivity contribution in [2.45, 2.75) is 6.92 Å². The van der Waals surface area contributed by atoms with Gasteiger partial charge >= 0.3 is 0 Å². The molecular formula is C9H8N4OS. The summed E-state index contributed by atoms with van der Waals surface area (Å²) in [5.41, 5.74) is 9.01. The van der Waals surface area contributed by atoms with Crippen molar-refractivity contribution in [1.82, 2.24) is 15.2 Å². The Kier molecular flexibility index (Phi) is 1.60. The molecule has 0 saturated heterocycles. The highest BCUT2D eigenvalue weighted by Gasteiger charge is 2.14. The molecule has 0 aromatic carbocycles. The average molecular weight is 220 g/mol. The summed E-state index contributed by atoms with van der Waals surface area (Å²) in [5.74, 6) is 0.561. The minimum absolute atomic E-state index is 0.561. The number of fused-ring (bicyclic) bond motifs is 1. The zero-order valence-corrected chi connectivity index (χ0v) is 8.76. The van der Waals surface area contributed by atoms with Gasteiger partial charge in [0.15, 0.2) is 5.58 Å². The maximum Gasteiger partial charge on any atom is 0.230 e. The molecule has 0 aliphatic carbocycles. The van der Waals surface area contributed by atoms with Gasteiger partial charge in [-0.05, 0) is 6.92 Å². The largest absolute Gasteiger partial charge is 0.433 e. The third-order valence-corrected chi connectivity index (χ3v) is 3.02. The number of aromatic nitrogens is 3. The van der Waals surface area contributed by atoms with Crippen LogP contribution >= 0.6 is 11.3 Å². The number of nitrogens with two attached hydrogens (primary N) is 1. The first-order valence-corrected chi connectivity index (χ1v) is 5.27. The number of nitrogen functional groups attached to an aromatic ring is 1. The number of rotatable bonds is 1. The molecule has 0 atom stereocenters. The second kappa shape index (κ2) is 2.83. The number of nitrogens with zero attached hydrogens (tertiary/aromatic N) is 2. The van der Waals surface area contributed by atoms with Crippen molar-refractivity contribution >= 4 is 27.4 Å². The lowest BCUT2D eigenvalue weighted by Gasteiger charge is -1.90. The molecule has 3 heterocycles. The monoisotopic (exact) mass is 220 g/mol. The molecule has 3 rings (SSSR count). The van der Waals surface area contributed by atoms with Crippen LogP contribution in [-0.2, 0) is 0 Å². The highest BCUT2D eigenvalue weighted by Crippen LogP contribution is 2.32. The van der Waals surface area contributed by atoms with Crippen LogP contribution in [0.5, 0.6) is 0 Å². The Morgan fingerprint density at radius 2 is 2.40 bits per heavy atom. The van der Waals surface area contributed by atoms with Gasteiger partial charge in [0.05, 0.1) is 11.8 Å². The zero-order chi connectivity index (χ0) is 10.4. The average Bonchev–Trinajstić information content (AvgIpc) is 2.84. The van der Waals surface area contributed by atoms with E-state index in [-0.39, 0.29) is 0 Å². The maximum atomic E-state index is 5.74. The number of oxazole rings is 1. The van der Waals surface area contributed by atoms with E-state index < -0.39 is 0 Å². The molecule has 0 fully saturated rings. The third kappa shape index (κ3) is 1.15. The van der Waals surface area contributed by atoms with Gasteiger partial charge in [0, 0.05) is 11.1 Å². The maximum absolute atomic E-state index is 5.74. The first-order chi connectivity index (χ1) is 7.25. The van der Waals surface area contributed by atoms with E-state index in [1.54, 1.807) is 6.20 Å². The van der Waals surface area contributed by atoms with Gasteiger partial charge in [-0.25, -0.2) is 4.98 Å². The summed E-state index contributed by atoms with van der Waals surface area (Å²) in [5, 5.41) is 9.30. The van der Waals surface area contributed by atoms with Crippen LogP contribution in [0.1, 0.15) is 5.69 Å². The molecule has 6 heteroatoms. The van der Waals surface area contributed by atoms with Gasteiger partial charge in [-0.3, -0.25) is 5.10 Å². The third-order valence-electron chi connectivity index (χ3n) is 2.24. The van der Waals surface area contributed by atoms with Crippen molar-refractivity contribution in [3.05, 3.63) is 17.3 Å². The Bertz CT molecular complexity index is 621. The molecule has 3 aromatic heterocycles. The van der Waals surface area contributed by atoms with Crippen LogP contribution in [0.25, 0.3) is 22.6 Å². The molecule has 0 unspecified atom stereocenters. The van der Waals surface area contributed by atoms with Gasteiger partial charge in [0.1, 0.15) is 10.5 Å². The van der Waals surface area contributed by atoms with Crippen molar-refractivity contribution in [3.63, 3.8) is 0 Å². The first kappa shape index (κ1) is 8.49. The van der Waals surface area contributed by atoms with Gasteiger partial charge in [-0.2, -0.15) is 5.10 Å². The van der Waals surface area contributed by atoms with Crippen molar-refractivity contribution in [3.8, 4) is 11.5 Å². The number of aromatic amines is 1.